The number of hydrogen-bond donors (Lipinski definition) is 0. The molecule has 33 heavy (non-hydrogen) atoms. The van der Waals surface area contributed by atoms with E-state index in [1.807, 2.05) is 47.6 Å². The van der Waals surface area contributed by atoms with Gasteiger partial charge in [0.2, 0.25) is 5.13 Å². The van der Waals surface area contributed by atoms with Gasteiger partial charge in [-0.3, -0.25) is 10.1 Å². The van der Waals surface area contributed by atoms with Gasteiger partial charge in [-0.25, -0.2) is 14.4 Å². The number of hydrazone groups is 1. The van der Waals surface area contributed by atoms with Crippen LogP contribution in [0.25, 0.3) is 11.3 Å². The molecule has 0 fully saturated rings. The lowest BCUT2D eigenvalue weighted by Gasteiger charge is -2.21. The average molecular weight is 459 g/mol. The minimum Gasteiger partial charge on any atom is -0.258 e. The van der Waals surface area contributed by atoms with Gasteiger partial charge in [0.05, 0.1) is 22.4 Å². The molecule has 1 aliphatic heterocycles. The van der Waals surface area contributed by atoms with Gasteiger partial charge in [-0.1, -0.05) is 54.1 Å². The molecule has 1 aliphatic rings. The quantitative estimate of drug-likeness (QED) is 0.252. The van der Waals surface area contributed by atoms with E-state index in [1.54, 1.807) is 18.2 Å². The third kappa shape index (κ3) is 4.25. The zero-order chi connectivity index (χ0) is 22.9. The summed E-state index contributed by atoms with van der Waals surface area (Å²) in [6.07, 6.45) is 0.520. The summed E-state index contributed by atoms with van der Waals surface area (Å²) in [4.78, 5) is 15.6. The Balaban J connectivity index is 1.54. The Labute approximate surface area is 193 Å². The smallest absolute Gasteiger partial charge is 0.258 e. The molecule has 0 saturated heterocycles. The highest BCUT2D eigenvalue weighted by molar-refractivity contribution is 7.14. The van der Waals surface area contributed by atoms with Crippen molar-refractivity contribution in [2.24, 2.45) is 5.10 Å². The van der Waals surface area contributed by atoms with E-state index in [1.165, 1.54) is 41.2 Å². The number of hydrogen-bond acceptors (Lipinski definition) is 6. The van der Waals surface area contributed by atoms with Gasteiger partial charge in [0.15, 0.2) is 0 Å². The second-order valence-corrected chi connectivity index (χ2v) is 8.69. The predicted molar refractivity (Wildman–Crippen MR) is 128 cm³/mol. The molecule has 0 unspecified atom stereocenters. The minimum absolute atomic E-state index is 0.0166. The molecular formula is C25H19FN4O2S. The summed E-state index contributed by atoms with van der Waals surface area (Å²) >= 11 is 1.48. The number of halogens is 1. The van der Waals surface area contributed by atoms with Gasteiger partial charge in [0.1, 0.15) is 5.82 Å². The van der Waals surface area contributed by atoms with Crippen LogP contribution in [-0.4, -0.2) is 15.6 Å². The largest absolute Gasteiger partial charge is 0.270 e. The van der Waals surface area contributed by atoms with Crippen LogP contribution in [0.4, 0.5) is 15.2 Å². The Morgan fingerprint density at radius 3 is 2.55 bits per heavy atom. The van der Waals surface area contributed by atoms with Crippen molar-refractivity contribution >= 4 is 27.9 Å². The molecule has 0 amide bonds. The molecular weight excluding hydrogens is 439 g/mol. The van der Waals surface area contributed by atoms with Gasteiger partial charge in [0, 0.05) is 35.1 Å². The van der Waals surface area contributed by atoms with Gasteiger partial charge >= 0.3 is 0 Å². The fourth-order valence-corrected chi connectivity index (χ4v) is 4.66. The first kappa shape index (κ1) is 21.0. The van der Waals surface area contributed by atoms with E-state index in [9.17, 15) is 14.5 Å². The molecule has 0 saturated carbocycles. The first-order chi connectivity index (χ1) is 16.0. The molecule has 0 N–H and O–H groups in total. The highest BCUT2D eigenvalue weighted by Crippen LogP contribution is 2.39. The zero-order valence-corrected chi connectivity index (χ0v) is 18.5. The lowest BCUT2D eigenvalue weighted by Crippen LogP contribution is -2.18. The van der Waals surface area contributed by atoms with Crippen LogP contribution in [0.15, 0.2) is 83.3 Å². The summed E-state index contributed by atoms with van der Waals surface area (Å²) in [5, 5.41) is 20.6. The van der Waals surface area contributed by atoms with E-state index in [4.69, 9.17) is 10.1 Å². The summed E-state index contributed by atoms with van der Waals surface area (Å²) in [6.45, 7) is 2.04. The number of anilines is 1. The van der Waals surface area contributed by atoms with Crippen LogP contribution in [0, 0.1) is 22.9 Å². The number of nitro groups is 1. The van der Waals surface area contributed by atoms with E-state index in [2.05, 4.69) is 0 Å². The molecule has 6 nitrogen and oxygen atoms in total. The van der Waals surface area contributed by atoms with Crippen LogP contribution in [0.3, 0.4) is 0 Å². The Morgan fingerprint density at radius 2 is 1.82 bits per heavy atom. The van der Waals surface area contributed by atoms with E-state index in [0.717, 1.165) is 22.5 Å². The van der Waals surface area contributed by atoms with Crippen LogP contribution in [0.2, 0.25) is 0 Å². The van der Waals surface area contributed by atoms with Gasteiger partial charge in [-0.05, 0) is 24.6 Å². The topological polar surface area (TPSA) is 71.6 Å². The summed E-state index contributed by atoms with van der Waals surface area (Å²) in [5.74, 6) is -0.306. The fraction of sp³-hybridized carbons (Fsp3) is 0.120. The highest BCUT2D eigenvalue weighted by Gasteiger charge is 2.32. The van der Waals surface area contributed by atoms with Crippen LogP contribution >= 0.6 is 11.3 Å². The van der Waals surface area contributed by atoms with Gasteiger partial charge in [0.25, 0.3) is 5.69 Å². The third-order valence-electron chi connectivity index (χ3n) is 5.59. The van der Waals surface area contributed by atoms with E-state index in [-0.39, 0.29) is 17.5 Å². The summed E-state index contributed by atoms with van der Waals surface area (Å²) in [5.41, 5.74) is 5.37. The Hall–Kier alpha value is -3.91. The van der Waals surface area contributed by atoms with Gasteiger partial charge in [-0.2, -0.15) is 5.10 Å². The maximum absolute atomic E-state index is 13.6. The second kappa shape index (κ2) is 8.55. The van der Waals surface area contributed by atoms with Crippen molar-refractivity contribution in [2.45, 2.75) is 19.4 Å². The number of nitro benzene ring substituents is 1. The third-order valence-corrected chi connectivity index (χ3v) is 6.42. The SMILES string of the molecule is Cc1ccc(-c2csc(N3N=C(c4cccc([N+](=O)[O-])c4)C[C@H]3c3ccc(F)cc3)n2)cc1. The fourth-order valence-electron chi connectivity index (χ4n) is 3.83. The van der Waals surface area contributed by atoms with Crippen LogP contribution in [0.1, 0.15) is 29.2 Å². The van der Waals surface area contributed by atoms with Crippen LogP contribution in [-0.2, 0) is 0 Å². The van der Waals surface area contributed by atoms with Crippen molar-refractivity contribution in [1.29, 1.82) is 0 Å². The van der Waals surface area contributed by atoms with Crippen LogP contribution < -0.4 is 5.01 Å². The van der Waals surface area contributed by atoms with Crippen molar-refractivity contribution in [3.8, 4) is 11.3 Å². The number of rotatable bonds is 5. The Bertz CT molecular complexity index is 1350. The minimum atomic E-state index is -0.414. The monoisotopic (exact) mass is 458 g/mol. The molecule has 3 aromatic carbocycles. The van der Waals surface area contributed by atoms with Crippen molar-refractivity contribution in [1.82, 2.24) is 4.98 Å². The van der Waals surface area contributed by atoms with Gasteiger partial charge in [-0.15, -0.1) is 11.3 Å². The molecule has 2 heterocycles. The molecule has 4 aromatic rings. The molecule has 8 heteroatoms. The van der Waals surface area contributed by atoms with Gasteiger partial charge < -0.3 is 0 Å². The maximum Gasteiger partial charge on any atom is 0.270 e. The maximum atomic E-state index is 13.6. The normalized spacial score (nSPS) is 15.5. The molecule has 0 spiro atoms. The van der Waals surface area contributed by atoms with Crippen molar-refractivity contribution in [2.75, 3.05) is 5.01 Å². The lowest BCUT2D eigenvalue weighted by atomic mass is 9.98. The lowest BCUT2D eigenvalue weighted by molar-refractivity contribution is -0.384. The first-order valence-electron chi connectivity index (χ1n) is 10.4. The number of nitrogens with zero attached hydrogens (tertiary/aromatic N) is 4. The van der Waals surface area contributed by atoms with E-state index in [0.29, 0.717) is 17.1 Å². The summed E-state index contributed by atoms with van der Waals surface area (Å²) in [6, 6.07) is 20.8. The first-order valence-corrected chi connectivity index (χ1v) is 11.3. The molecule has 0 bridgehead atoms. The van der Waals surface area contributed by atoms with E-state index < -0.39 is 4.92 Å². The number of non-ortho nitro benzene ring substituents is 1. The van der Waals surface area contributed by atoms with Crippen molar-refractivity contribution in [3.63, 3.8) is 0 Å². The highest BCUT2D eigenvalue weighted by atomic mass is 32.1. The number of aryl methyl sites for hydroxylation is 1. The van der Waals surface area contributed by atoms with Crippen molar-refractivity contribution < 1.29 is 9.31 Å². The molecule has 164 valence electrons. The second-order valence-electron chi connectivity index (χ2n) is 7.85. The predicted octanol–water partition coefficient (Wildman–Crippen LogP) is 6.52. The number of thiazole rings is 1. The van der Waals surface area contributed by atoms with Crippen LogP contribution in [0.5, 0.6) is 0 Å². The number of benzene rings is 3. The molecule has 0 radical (unpaired) electrons. The molecule has 5 rings (SSSR count). The molecule has 0 aliphatic carbocycles. The Morgan fingerprint density at radius 1 is 1.06 bits per heavy atom. The van der Waals surface area contributed by atoms with Crippen molar-refractivity contribution in [3.05, 3.63) is 111 Å². The standard InChI is InChI=1S/C25H19FN4O2S/c1-16-5-7-17(8-6-16)23-15-33-25(27-23)29-24(18-9-11-20(26)12-10-18)14-22(28-29)19-3-2-4-21(13-19)30(31)32/h2-13,15,24H,14H2,1H3/t24-/m0/s1. The summed E-state index contributed by atoms with van der Waals surface area (Å²) < 4.78 is 13.6. The van der Waals surface area contributed by atoms with E-state index >= 15 is 0 Å². The number of aromatic nitrogens is 1. The summed E-state index contributed by atoms with van der Waals surface area (Å²) in [7, 11) is 0. The average Bonchev–Trinajstić information content (AvgIpc) is 3.48. The Kier molecular flexibility index (Phi) is 5.43. The molecule has 1 aromatic heterocycles. The zero-order valence-electron chi connectivity index (χ0n) is 17.7. The molecule has 1 atom stereocenters.